The number of hydrogen-bond donors (Lipinski definition) is 2. The number of nitrogens with zero attached hydrogens (tertiary/aromatic N) is 2. The van der Waals surface area contributed by atoms with Gasteiger partial charge in [0.1, 0.15) is 6.33 Å². The van der Waals surface area contributed by atoms with Crippen molar-refractivity contribution in [3.05, 3.63) is 28.2 Å². The molecule has 5 nitrogen and oxygen atoms in total. The van der Waals surface area contributed by atoms with Crippen LogP contribution in [0.3, 0.4) is 0 Å². The Morgan fingerprint density at radius 2 is 2.00 bits per heavy atom. The number of hydrogen-bond acceptors (Lipinski definition) is 6. The average molecular weight is 278 g/mol. The first-order chi connectivity index (χ1) is 9.15. The number of aromatic nitrogens is 2. The van der Waals surface area contributed by atoms with Crippen LogP contribution in [0.5, 0.6) is 5.75 Å². The van der Waals surface area contributed by atoms with Crippen LogP contribution in [0.1, 0.15) is 22.7 Å². The summed E-state index contributed by atoms with van der Waals surface area (Å²) in [7, 11) is 3.42. The molecule has 2 aromatic rings. The Morgan fingerprint density at radius 1 is 1.26 bits per heavy atom. The van der Waals surface area contributed by atoms with Gasteiger partial charge in [0.05, 0.1) is 13.2 Å². The standard InChI is InChI=1S/C13H18N4OS/c1-8-5-6-10(19-8)9(2)17-13-11(18-4)12(14-3)15-7-16-13/h5-7,9H,1-4H3,(H2,14,15,16,17). The van der Waals surface area contributed by atoms with Crippen molar-refractivity contribution in [2.24, 2.45) is 0 Å². The van der Waals surface area contributed by atoms with Crippen LogP contribution in [0.25, 0.3) is 0 Å². The summed E-state index contributed by atoms with van der Waals surface area (Å²) in [6.45, 7) is 4.21. The van der Waals surface area contributed by atoms with Gasteiger partial charge in [-0.2, -0.15) is 0 Å². The van der Waals surface area contributed by atoms with E-state index < -0.39 is 0 Å². The lowest BCUT2D eigenvalue weighted by Crippen LogP contribution is -2.09. The monoisotopic (exact) mass is 278 g/mol. The van der Waals surface area contributed by atoms with E-state index >= 15 is 0 Å². The van der Waals surface area contributed by atoms with Gasteiger partial charge in [0.25, 0.3) is 0 Å². The summed E-state index contributed by atoms with van der Waals surface area (Å²) in [5, 5.41) is 6.35. The molecule has 0 radical (unpaired) electrons. The third-order valence-electron chi connectivity index (χ3n) is 2.79. The van der Waals surface area contributed by atoms with Gasteiger partial charge in [0, 0.05) is 16.8 Å². The highest BCUT2D eigenvalue weighted by Gasteiger charge is 2.14. The number of methoxy groups -OCH3 is 1. The molecule has 0 aliphatic heterocycles. The van der Waals surface area contributed by atoms with Crippen molar-refractivity contribution in [3.8, 4) is 5.75 Å². The Hall–Kier alpha value is -1.82. The molecule has 102 valence electrons. The molecule has 2 aromatic heterocycles. The largest absolute Gasteiger partial charge is 0.490 e. The number of aryl methyl sites for hydroxylation is 1. The van der Waals surface area contributed by atoms with Gasteiger partial charge in [-0.15, -0.1) is 11.3 Å². The van der Waals surface area contributed by atoms with E-state index in [2.05, 4.69) is 46.6 Å². The Labute approximate surface area is 117 Å². The minimum absolute atomic E-state index is 0.173. The second-order valence-electron chi connectivity index (χ2n) is 4.17. The van der Waals surface area contributed by atoms with E-state index in [0.717, 1.165) is 0 Å². The average Bonchev–Trinajstić information content (AvgIpc) is 2.85. The summed E-state index contributed by atoms with van der Waals surface area (Å²) in [5.74, 6) is 2.00. The Bertz CT molecular complexity index is 555. The molecule has 0 amide bonds. The summed E-state index contributed by atoms with van der Waals surface area (Å²) in [6.07, 6.45) is 1.52. The van der Waals surface area contributed by atoms with Gasteiger partial charge >= 0.3 is 0 Å². The van der Waals surface area contributed by atoms with Crippen molar-refractivity contribution < 1.29 is 4.74 Å². The van der Waals surface area contributed by atoms with Crippen LogP contribution in [0, 0.1) is 6.92 Å². The van der Waals surface area contributed by atoms with Gasteiger partial charge in [-0.1, -0.05) is 0 Å². The highest BCUT2D eigenvalue weighted by Crippen LogP contribution is 2.32. The van der Waals surface area contributed by atoms with E-state index in [1.807, 2.05) is 0 Å². The summed E-state index contributed by atoms with van der Waals surface area (Å²) in [5.41, 5.74) is 0. The van der Waals surface area contributed by atoms with Crippen molar-refractivity contribution in [1.82, 2.24) is 9.97 Å². The van der Waals surface area contributed by atoms with Crippen molar-refractivity contribution >= 4 is 23.0 Å². The highest BCUT2D eigenvalue weighted by molar-refractivity contribution is 7.12. The highest BCUT2D eigenvalue weighted by atomic mass is 32.1. The molecular formula is C13H18N4OS. The number of ether oxygens (including phenoxy) is 1. The molecule has 0 bridgehead atoms. The number of nitrogens with one attached hydrogen (secondary N) is 2. The molecule has 2 N–H and O–H groups in total. The molecule has 0 aliphatic rings. The van der Waals surface area contributed by atoms with Crippen molar-refractivity contribution in [2.45, 2.75) is 19.9 Å². The van der Waals surface area contributed by atoms with E-state index in [1.165, 1.54) is 16.1 Å². The molecule has 2 heterocycles. The fourth-order valence-corrected chi connectivity index (χ4v) is 2.69. The zero-order chi connectivity index (χ0) is 13.8. The number of rotatable bonds is 5. The lowest BCUT2D eigenvalue weighted by atomic mass is 10.2. The van der Waals surface area contributed by atoms with Crippen molar-refractivity contribution in [1.29, 1.82) is 0 Å². The molecule has 0 saturated carbocycles. The van der Waals surface area contributed by atoms with Gasteiger partial charge in [0.2, 0.25) is 5.75 Å². The van der Waals surface area contributed by atoms with Crippen molar-refractivity contribution in [3.63, 3.8) is 0 Å². The molecule has 0 spiro atoms. The smallest absolute Gasteiger partial charge is 0.204 e. The van der Waals surface area contributed by atoms with Crippen LogP contribution in [-0.4, -0.2) is 24.1 Å². The summed E-state index contributed by atoms with van der Waals surface area (Å²) in [6, 6.07) is 4.42. The fourth-order valence-electron chi connectivity index (χ4n) is 1.81. The second-order valence-corrected chi connectivity index (χ2v) is 5.49. The maximum Gasteiger partial charge on any atom is 0.204 e. The zero-order valence-electron chi connectivity index (χ0n) is 11.5. The molecule has 0 aliphatic carbocycles. The molecule has 6 heteroatoms. The van der Waals surface area contributed by atoms with Crippen LogP contribution < -0.4 is 15.4 Å². The zero-order valence-corrected chi connectivity index (χ0v) is 12.3. The minimum atomic E-state index is 0.173. The maximum atomic E-state index is 5.36. The number of anilines is 2. The molecule has 1 atom stereocenters. The van der Waals surface area contributed by atoms with Crippen LogP contribution in [-0.2, 0) is 0 Å². The predicted molar refractivity (Wildman–Crippen MR) is 79.2 cm³/mol. The SMILES string of the molecule is CNc1ncnc(NC(C)c2ccc(C)s2)c1OC. The number of thiophene rings is 1. The Morgan fingerprint density at radius 3 is 2.58 bits per heavy atom. The van der Waals surface area contributed by atoms with E-state index in [4.69, 9.17) is 4.74 Å². The molecule has 0 aromatic carbocycles. The van der Waals surface area contributed by atoms with E-state index in [-0.39, 0.29) is 6.04 Å². The van der Waals surface area contributed by atoms with Crippen LogP contribution in [0.2, 0.25) is 0 Å². The van der Waals surface area contributed by atoms with E-state index in [9.17, 15) is 0 Å². The molecule has 19 heavy (non-hydrogen) atoms. The van der Waals surface area contributed by atoms with Crippen LogP contribution in [0.15, 0.2) is 18.5 Å². The van der Waals surface area contributed by atoms with Crippen molar-refractivity contribution in [2.75, 3.05) is 24.8 Å². The second kappa shape index (κ2) is 5.88. The van der Waals surface area contributed by atoms with Gasteiger partial charge in [-0.05, 0) is 26.0 Å². The third-order valence-corrected chi connectivity index (χ3v) is 3.97. The molecule has 0 fully saturated rings. The van der Waals surface area contributed by atoms with Gasteiger partial charge in [0.15, 0.2) is 11.6 Å². The topological polar surface area (TPSA) is 59.1 Å². The normalized spacial score (nSPS) is 12.0. The fraction of sp³-hybridized carbons (Fsp3) is 0.385. The van der Waals surface area contributed by atoms with Gasteiger partial charge in [-0.3, -0.25) is 0 Å². The minimum Gasteiger partial charge on any atom is -0.490 e. The first kappa shape index (κ1) is 13.6. The van der Waals surface area contributed by atoms with E-state index in [1.54, 1.807) is 25.5 Å². The van der Waals surface area contributed by atoms with Crippen LogP contribution in [0.4, 0.5) is 11.6 Å². The van der Waals surface area contributed by atoms with E-state index in [0.29, 0.717) is 17.4 Å². The van der Waals surface area contributed by atoms with Gasteiger partial charge < -0.3 is 15.4 Å². The lowest BCUT2D eigenvalue weighted by molar-refractivity contribution is 0.414. The quantitative estimate of drug-likeness (QED) is 0.880. The third kappa shape index (κ3) is 2.96. The molecular weight excluding hydrogens is 260 g/mol. The molecule has 2 rings (SSSR count). The first-order valence-electron chi connectivity index (χ1n) is 6.05. The summed E-state index contributed by atoms with van der Waals surface area (Å²) in [4.78, 5) is 10.9. The molecule has 1 unspecified atom stereocenters. The summed E-state index contributed by atoms with van der Waals surface area (Å²) >= 11 is 1.78. The lowest BCUT2D eigenvalue weighted by Gasteiger charge is -2.16. The first-order valence-corrected chi connectivity index (χ1v) is 6.87. The predicted octanol–water partition coefficient (Wildman–Crippen LogP) is 3.07. The summed E-state index contributed by atoms with van der Waals surface area (Å²) < 4.78 is 5.36. The molecule has 0 saturated heterocycles. The van der Waals surface area contributed by atoms with Gasteiger partial charge in [-0.25, -0.2) is 9.97 Å². The maximum absolute atomic E-state index is 5.36. The Balaban J connectivity index is 2.23. The Kier molecular flexibility index (Phi) is 4.21. The van der Waals surface area contributed by atoms with Crippen LogP contribution >= 0.6 is 11.3 Å².